The first kappa shape index (κ1) is 17.4. The Morgan fingerprint density at radius 2 is 1.26 bits per heavy atom. The molecular formula is C20H12Cl2N2O3. The van der Waals surface area contributed by atoms with Crippen LogP contribution in [0.3, 0.4) is 0 Å². The number of ether oxygens (including phenoxy) is 2. The van der Waals surface area contributed by atoms with Gasteiger partial charge in [0.2, 0.25) is 0 Å². The van der Waals surface area contributed by atoms with Crippen molar-refractivity contribution in [2.45, 2.75) is 0 Å². The highest BCUT2D eigenvalue weighted by atomic mass is 35.5. The molecule has 0 aromatic heterocycles. The summed E-state index contributed by atoms with van der Waals surface area (Å²) in [4.78, 5) is 16.1. The van der Waals surface area contributed by atoms with Crippen molar-refractivity contribution in [2.75, 3.05) is 0 Å². The smallest absolute Gasteiger partial charge is 0.281 e. The minimum absolute atomic E-state index is 0.00371. The minimum atomic E-state index is -0.569. The lowest BCUT2D eigenvalue weighted by molar-refractivity contribution is 0.101. The van der Waals surface area contributed by atoms with Crippen molar-refractivity contribution in [3.05, 3.63) is 81.8 Å². The summed E-state index contributed by atoms with van der Waals surface area (Å²) >= 11 is 13.0. The Hall–Kier alpha value is -3.02. The topological polar surface area (TPSA) is 73.9 Å². The van der Waals surface area contributed by atoms with E-state index in [1.807, 2.05) is 24.3 Å². The fraction of sp³-hybridized carbons (Fsp3) is 0. The van der Waals surface area contributed by atoms with Gasteiger partial charge in [0.15, 0.2) is 11.5 Å². The molecule has 0 saturated carbocycles. The third-order valence-electron chi connectivity index (χ3n) is 3.91. The van der Waals surface area contributed by atoms with E-state index < -0.39 is 5.91 Å². The van der Waals surface area contributed by atoms with Crippen molar-refractivity contribution in [2.24, 2.45) is 10.7 Å². The van der Waals surface area contributed by atoms with Crippen LogP contribution in [0.5, 0.6) is 23.0 Å². The van der Waals surface area contributed by atoms with Crippen LogP contribution in [0.25, 0.3) is 0 Å². The number of amides is 1. The molecule has 27 heavy (non-hydrogen) atoms. The van der Waals surface area contributed by atoms with E-state index in [1.165, 1.54) is 0 Å². The van der Waals surface area contributed by atoms with Gasteiger partial charge in [-0.1, -0.05) is 59.6 Å². The molecule has 0 unspecified atom stereocenters. The Bertz CT molecular complexity index is 1070. The van der Waals surface area contributed by atoms with E-state index in [1.54, 1.807) is 36.4 Å². The number of para-hydroxylation sites is 2. The number of aliphatic imine (C=N–C) groups is 1. The summed E-state index contributed by atoms with van der Waals surface area (Å²) in [5.41, 5.74) is 6.29. The summed E-state index contributed by atoms with van der Waals surface area (Å²) in [6.07, 6.45) is 0. The van der Waals surface area contributed by atoms with Crippen molar-refractivity contribution < 1.29 is 14.3 Å². The zero-order valence-electron chi connectivity index (χ0n) is 13.8. The molecule has 7 heteroatoms. The van der Waals surface area contributed by atoms with Gasteiger partial charge in [0.25, 0.3) is 5.91 Å². The van der Waals surface area contributed by atoms with Crippen molar-refractivity contribution >= 4 is 34.9 Å². The van der Waals surface area contributed by atoms with E-state index >= 15 is 0 Å². The fourth-order valence-electron chi connectivity index (χ4n) is 2.71. The van der Waals surface area contributed by atoms with Crippen LogP contribution >= 0.6 is 23.2 Å². The standard InChI is InChI=1S/C20H12Cl2N2O3/c21-15-13-14(19(23)24-20(13)25)17(26-11-7-3-1-4-8-11)16(22)18(15)27-12-9-5-2-6-10-12/h1-10H,(H2,23,24,25). The molecule has 134 valence electrons. The number of carbonyl (C=O) groups is 1. The monoisotopic (exact) mass is 398 g/mol. The maximum absolute atomic E-state index is 12.3. The zero-order valence-corrected chi connectivity index (χ0v) is 15.3. The van der Waals surface area contributed by atoms with Crippen LogP contribution < -0.4 is 15.2 Å². The van der Waals surface area contributed by atoms with E-state index in [0.29, 0.717) is 11.5 Å². The number of nitrogens with zero attached hydrogens (tertiary/aromatic N) is 1. The number of benzene rings is 3. The molecule has 0 spiro atoms. The molecule has 1 aliphatic rings. The Morgan fingerprint density at radius 1 is 0.741 bits per heavy atom. The summed E-state index contributed by atoms with van der Waals surface area (Å²) in [5.74, 6) is 0.719. The van der Waals surface area contributed by atoms with Crippen molar-refractivity contribution in [1.29, 1.82) is 0 Å². The first-order chi connectivity index (χ1) is 13.1. The summed E-state index contributed by atoms with van der Waals surface area (Å²) in [6, 6.07) is 17.9. The summed E-state index contributed by atoms with van der Waals surface area (Å²) in [6.45, 7) is 0. The highest BCUT2D eigenvalue weighted by Crippen LogP contribution is 2.49. The lowest BCUT2D eigenvalue weighted by atomic mass is 10.1. The summed E-state index contributed by atoms with van der Waals surface area (Å²) < 4.78 is 11.8. The maximum atomic E-state index is 12.3. The van der Waals surface area contributed by atoms with Gasteiger partial charge < -0.3 is 15.2 Å². The second kappa shape index (κ2) is 6.95. The third-order valence-corrected chi connectivity index (χ3v) is 4.62. The van der Waals surface area contributed by atoms with E-state index in [2.05, 4.69) is 4.99 Å². The van der Waals surface area contributed by atoms with Gasteiger partial charge in [-0.2, -0.15) is 4.99 Å². The van der Waals surface area contributed by atoms with Crippen LogP contribution in [0, 0.1) is 0 Å². The van der Waals surface area contributed by atoms with Gasteiger partial charge in [-0.15, -0.1) is 0 Å². The molecule has 0 bridgehead atoms. The number of nitrogens with two attached hydrogens (primary N) is 1. The summed E-state index contributed by atoms with van der Waals surface area (Å²) in [7, 11) is 0. The third kappa shape index (κ3) is 3.12. The lowest BCUT2D eigenvalue weighted by Gasteiger charge is -2.17. The number of halogens is 2. The largest absolute Gasteiger partial charge is 0.455 e. The average molecular weight is 399 g/mol. The maximum Gasteiger partial charge on any atom is 0.281 e. The number of amidine groups is 1. The predicted molar refractivity (Wildman–Crippen MR) is 105 cm³/mol. The molecule has 3 aromatic rings. The highest BCUT2D eigenvalue weighted by molar-refractivity contribution is 6.43. The Morgan fingerprint density at radius 3 is 1.81 bits per heavy atom. The van der Waals surface area contributed by atoms with Crippen LogP contribution in [0.2, 0.25) is 10.0 Å². The Kier molecular flexibility index (Phi) is 4.48. The molecule has 0 atom stereocenters. The SMILES string of the molecule is NC1=NC(=O)c2c(Cl)c(Oc3ccccc3)c(Cl)c(Oc3ccccc3)c21. The van der Waals surface area contributed by atoms with E-state index in [-0.39, 0.29) is 38.5 Å². The predicted octanol–water partition coefficient (Wildman–Crippen LogP) is 5.44. The molecule has 1 aliphatic heterocycles. The normalized spacial score (nSPS) is 12.5. The Balaban J connectivity index is 1.90. The quantitative estimate of drug-likeness (QED) is 0.634. The van der Waals surface area contributed by atoms with Gasteiger partial charge in [0, 0.05) is 0 Å². The van der Waals surface area contributed by atoms with Crippen LogP contribution in [0.4, 0.5) is 0 Å². The highest BCUT2D eigenvalue weighted by Gasteiger charge is 2.34. The van der Waals surface area contributed by atoms with E-state index in [9.17, 15) is 4.79 Å². The van der Waals surface area contributed by atoms with Crippen LogP contribution in [0.1, 0.15) is 15.9 Å². The number of fused-ring (bicyclic) bond motifs is 1. The van der Waals surface area contributed by atoms with Crippen LogP contribution in [-0.2, 0) is 0 Å². The lowest BCUT2D eigenvalue weighted by Crippen LogP contribution is -2.13. The van der Waals surface area contributed by atoms with Crippen LogP contribution in [-0.4, -0.2) is 11.7 Å². The van der Waals surface area contributed by atoms with E-state index in [0.717, 1.165) is 0 Å². The molecule has 3 aromatic carbocycles. The number of carbonyl (C=O) groups excluding carboxylic acids is 1. The number of hydrogen-bond acceptors (Lipinski definition) is 4. The second-order valence-electron chi connectivity index (χ2n) is 5.67. The zero-order chi connectivity index (χ0) is 19.0. The average Bonchev–Trinajstić information content (AvgIpc) is 2.98. The molecule has 5 nitrogen and oxygen atoms in total. The number of rotatable bonds is 4. The molecule has 0 fully saturated rings. The molecule has 1 amide bonds. The summed E-state index contributed by atoms with van der Waals surface area (Å²) in [5, 5.41) is 0.132. The molecule has 4 rings (SSSR count). The van der Waals surface area contributed by atoms with Crippen molar-refractivity contribution in [3.8, 4) is 23.0 Å². The van der Waals surface area contributed by atoms with Crippen molar-refractivity contribution in [3.63, 3.8) is 0 Å². The van der Waals surface area contributed by atoms with Gasteiger partial charge in [-0.3, -0.25) is 4.79 Å². The molecule has 0 radical (unpaired) electrons. The van der Waals surface area contributed by atoms with Gasteiger partial charge in [0.1, 0.15) is 22.4 Å². The molecule has 1 heterocycles. The Labute approximate surface area is 165 Å². The first-order valence-electron chi connectivity index (χ1n) is 7.96. The van der Waals surface area contributed by atoms with Crippen molar-refractivity contribution in [1.82, 2.24) is 0 Å². The first-order valence-corrected chi connectivity index (χ1v) is 8.71. The minimum Gasteiger partial charge on any atom is -0.455 e. The molecular weight excluding hydrogens is 387 g/mol. The van der Waals surface area contributed by atoms with Gasteiger partial charge in [-0.05, 0) is 24.3 Å². The van der Waals surface area contributed by atoms with Gasteiger partial charge in [-0.25, -0.2) is 0 Å². The molecule has 0 aliphatic carbocycles. The van der Waals surface area contributed by atoms with Crippen LogP contribution in [0.15, 0.2) is 65.7 Å². The molecule has 0 saturated heterocycles. The fourth-order valence-corrected chi connectivity index (χ4v) is 3.33. The van der Waals surface area contributed by atoms with Gasteiger partial charge >= 0.3 is 0 Å². The number of hydrogen-bond donors (Lipinski definition) is 1. The van der Waals surface area contributed by atoms with E-state index in [4.69, 9.17) is 38.4 Å². The second-order valence-corrected chi connectivity index (χ2v) is 6.42. The molecule has 2 N–H and O–H groups in total. The van der Waals surface area contributed by atoms with Gasteiger partial charge in [0.05, 0.1) is 16.1 Å².